The Bertz CT molecular complexity index is 642. The predicted molar refractivity (Wildman–Crippen MR) is 95.1 cm³/mol. The molecule has 0 spiro atoms. The van der Waals surface area contributed by atoms with Gasteiger partial charge in [0.05, 0.1) is 0 Å². The number of para-hydroxylation sites is 1. The van der Waals surface area contributed by atoms with E-state index in [0.717, 1.165) is 43.1 Å². The van der Waals surface area contributed by atoms with Crippen molar-refractivity contribution >= 4 is 23.3 Å². The zero-order chi connectivity index (χ0) is 16.1. The molecule has 1 heterocycles. The van der Waals surface area contributed by atoms with Crippen LogP contribution in [-0.4, -0.2) is 24.0 Å². The lowest BCUT2D eigenvalue weighted by atomic mass is 9.94. The van der Waals surface area contributed by atoms with Gasteiger partial charge < -0.3 is 10.2 Å². The van der Waals surface area contributed by atoms with Crippen LogP contribution in [0.2, 0.25) is 5.02 Å². The normalized spacial score (nSPS) is 18.3. The minimum atomic E-state index is -0.0166. The van der Waals surface area contributed by atoms with E-state index in [0.29, 0.717) is 5.92 Å². The fraction of sp³-hybridized carbons (Fsp3) is 0.316. The molecule has 0 aromatic heterocycles. The molecule has 1 aliphatic rings. The molecule has 2 aromatic carbocycles. The van der Waals surface area contributed by atoms with Crippen molar-refractivity contribution in [3.63, 3.8) is 0 Å². The second-order valence-corrected chi connectivity index (χ2v) is 6.42. The van der Waals surface area contributed by atoms with Gasteiger partial charge in [-0.05, 0) is 42.7 Å². The number of hydrogen-bond donors (Lipinski definition) is 1. The fourth-order valence-electron chi connectivity index (χ4n) is 3.06. The van der Waals surface area contributed by atoms with Crippen LogP contribution in [0, 0.1) is 0 Å². The lowest BCUT2D eigenvalue weighted by Crippen LogP contribution is -2.37. The lowest BCUT2D eigenvalue weighted by molar-refractivity contribution is 0.211. The Hall–Kier alpha value is -2.00. The predicted octanol–water partition coefficient (Wildman–Crippen LogP) is 5.14. The molecule has 2 aromatic rings. The van der Waals surface area contributed by atoms with Crippen LogP contribution in [0.5, 0.6) is 0 Å². The number of rotatable bonds is 2. The molecule has 3 nitrogen and oxygen atoms in total. The second kappa shape index (κ2) is 7.51. The summed E-state index contributed by atoms with van der Waals surface area (Å²) in [5.74, 6) is 0.372. The molecule has 1 atom stereocenters. The number of urea groups is 1. The topological polar surface area (TPSA) is 32.3 Å². The summed E-state index contributed by atoms with van der Waals surface area (Å²) in [6, 6.07) is 17.6. The van der Waals surface area contributed by atoms with Gasteiger partial charge in [-0.2, -0.15) is 0 Å². The molecule has 0 aliphatic carbocycles. The van der Waals surface area contributed by atoms with Crippen molar-refractivity contribution < 1.29 is 4.79 Å². The first-order chi connectivity index (χ1) is 11.2. The van der Waals surface area contributed by atoms with Crippen molar-refractivity contribution in [1.82, 2.24) is 4.90 Å². The highest BCUT2D eigenvalue weighted by Crippen LogP contribution is 2.27. The number of anilines is 1. The number of nitrogens with zero attached hydrogens (tertiary/aromatic N) is 1. The molecule has 1 unspecified atom stereocenters. The molecule has 3 rings (SSSR count). The van der Waals surface area contributed by atoms with Crippen LogP contribution >= 0.6 is 11.6 Å². The summed E-state index contributed by atoms with van der Waals surface area (Å²) in [5, 5.41) is 3.74. The van der Waals surface area contributed by atoms with Crippen molar-refractivity contribution in [1.29, 1.82) is 0 Å². The van der Waals surface area contributed by atoms with Gasteiger partial charge in [0.25, 0.3) is 0 Å². The van der Waals surface area contributed by atoms with Crippen LogP contribution in [0.25, 0.3) is 0 Å². The Kier molecular flexibility index (Phi) is 5.19. The first kappa shape index (κ1) is 15.9. The molecule has 2 amide bonds. The minimum Gasteiger partial charge on any atom is -0.324 e. The van der Waals surface area contributed by atoms with Crippen LogP contribution in [0.15, 0.2) is 54.6 Å². The Morgan fingerprint density at radius 1 is 1.04 bits per heavy atom. The van der Waals surface area contributed by atoms with Crippen LogP contribution in [0.1, 0.15) is 30.7 Å². The Labute approximate surface area is 142 Å². The van der Waals surface area contributed by atoms with Crippen molar-refractivity contribution in [2.45, 2.75) is 25.2 Å². The highest BCUT2D eigenvalue weighted by Gasteiger charge is 2.23. The van der Waals surface area contributed by atoms with Gasteiger partial charge in [0.1, 0.15) is 0 Å². The molecular weight excluding hydrogens is 308 g/mol. The van der Waals surface area contributed by atoms with Gasteiger partial charge in [-0.25, -0.2) is 4.79 Å². The van der Waals surface area contributed by atoms with Gasteiger partial charge in [0, 0.05) is 29.7 Å². The third-order valence-electron chi connectivity index (χ3n) is 4.33. The SMILES string of the molecule is O=C(Nc1ccccc1)N1CCCCC(c2ccc(Cl)cc2)C1. The molecule has 23 heavy (non-hydrogen) atoms. The van der Waals surface area contributed by atoms with E-state index in [1.807, 2.05) is 47.4 Å². The number of carbonyl (C=O) groups is 1. The Morgan fingerprint density at radius 3 is 2.52 bits per heavy atom. The number of amides is 2. The zero-order valence-electron chi connectivity index (χ0n) is 13.0. The molecule has 0 saturated carbocycles. The maximum atomic E-state index is 12.5. The molecule has 1 aliphatic heterocycles. The summed E-state index contributed by atoms with van der Waals surface area (Å²) in [7, 11) is 0. The summed E-state index contributed by atoms with van der Waals surface area (Å²) in [6.07, 6.45) is 3.30. The van der Waals surface area contributed by atoms with Gasteiger partial charge in [-0.1, -0.05) is 48.4 Å². The largest absolute Gasteiger partial charge is 0.324 e. The average molecular weight is 329 g/mol. The van der Waals surface area contributed by atoms with E-state index < -0.39 is 0 Å². The van der Waals surface area contributed by atoms with Gasteiger partial charge in [0.2, 0.25) is 0 Å². The lowest BCUT2D eigenvalue weighted by Gasteiger charge is -2.25. The third kappa shape index (κ3) is 4.26. The zero-order valence-corrected chi connectivity index (χ0v) is 13.8. The second-order valence-electron chi connectivity index (χ2n) is 5.99. The number of likely N-dealkylation sites (tertiary alicyclic amines) is 1. The molecular formula is C19H21ClN2O. The van der Waals surface area contributed by atoms with E-state index in [4.69, 9.17) is 11.6 Å². The summed E-state index contributed by atoms with van der Waals surface area (Å²) < 4.78 is 0. The van der Waals surface area contributed by atoms with E-state index in [-0.39, 0.29) is 6.03 Å². The fourth-order valence-corrected chi connectivity index (χ4v) is 3.18. The maximum absolute atomic E-state index is 12.5. The van der Waals surface area contributed by atoms with E-state index in [2.05, 4.69) is 17.4 Å². The molecule has 120 valence electrons. The smallest absolute Gasteiger partial charge is 0.321 e. The molecule has 4 heteroatoms. The quantitative estimate of drug-likeness (QED) is 0.813. The van der Waals surface area contributed by atoms with Gasteiger partial charge in [-0.15, -0.1) is 0 Å². The number of hydrogen-bond acceptors (Lipinski definition) is 1. The summed E-state index contributed by atoms with van der Waals surface area (Å²) in [6.45, 7) is 1.56. The van der Waals surface area contributed by atoms with Crippen molar-refractivity contribution in [3.8, 4) is 0 Å². The number of nitrogens with one attached hydrogen (secondary N) is 1. The minimum absolute atomic E-state index is 0.0166. The van der Waals surface area contributed by atoms with Crippen LogP contribution in [0.3, 0.4) is 0 Å². The summed E-state index contributed by atoms with van der Waals surface area (Å²) in [4.78, 5) is 14.5. The Morgan fingerprint density at radius 2 is 1.78 bits per heavy atom. The monoisotopic (exact) mass is 328 g/mol. The average Bonchev–Trinajstić information content (AvgIpc) is 2.83. The summed E-state index contributed by atoms with van der Waals surface area (Å²) >= 11 is 5.98. The highest BCUT2D eigenvalue weighted by molar-refractivity contribution is 6.30. The number of benzene rings is 2. The molecule has 1 fully saturated rings. The van der Waals surface area contributed by atoms with E-state index in [1.165, 1.54) is 5.56 Å². The summed E-state index contributed by atoms with van der Waals surface area (Å²) in [5.41, 5.74) is 2.10. The first-order valence-electron chi connectivity index (χ1n) is 8.09. The third-order valence-corrected chi connectivity index (χ3v) is 4.58. The molecule has 1 saturated heterocycles. The van der Waals surface area contributed by atoms with Gasteiger partial charge in [0.15, 0.2) is 0 Å². The van der Waals surface area contributed by atoms with Crippen LogP contribution in [-0.2, 0) is 0 Å². The molecule has 1 N–H and O–H groups in total. The van der Waals surface area contributed by atoms with Crippen molar-refractivity contribution in [2.24, 2.45) is 0 Å². The molecule has 0 bridgehead atoms. The van der Waals surface area contributed by atoms with Crippen molar-refractivity contribution in [3.05, 3.63) is 65.2 Å². The van der Waals surface area contributed by atoms with E-state index in [9.17, 15) is 4.79 Å². The standard InChI is InChI=1S/C19H21ClN2O/c20-17-11-9-15(10-12-17)16-6-4-5-13-22(14-16)19(23)21-18-7-2-1-3-8-18/h1-3,7-12,16H,4-6,13-14H2,(H,21,23). The first-order valence-corrected chi connectivity index (χ1v) is 8.46. The van der Waals surface area contributed by atoms with Gasteiger partial charge >= 0.3 is 6.03 Å². The van der Waals surface area contributed by atoms with Gasteiger partial charge in [-0.3, -0.25) is 0 Å². The number of carbonyl (C=O) groups excluding carboxylic acids is 1. The van der Waals surface area contributed by atoms with Crippen LogP contribution in [0.4, 0.5) is 10.5 Å². The highest BCUT2D eigenvalue weighted by atomic mass is 35.5. The molecule has 0 radical (unpaired) electrons. The van der Waals surface area contributed by atoms with E-state index >= 15 is 0 Å². The van der Waals surface area contributed by atoms with Crippen LogP contribution < -0.4 is 5.32 Å². The maximum Gasteiger partial charge on any atom is 0.321 e. The van der Waals surface area contributed by atoms with Crippen molar-refractivity contribution in [2.75, 3.05) is 18.4 Å². The Balaban J connectivity index is 1.69. The number of halogens is 1. The van der Waals surface area contributed by atoms with E-state index in [1.54, 1.807) is 0 Å².